The zero-order chi connectivity index (χ0) is 14.7. The van der Waals surface area contributed by atoms with Gasteiger partial charge in [0.15, 0.2) is 0 Å². The molecule has 0 spiro atoms. The lowest BCUT2D eigenvalue weighted by molar-refractivity contribution is 0.169. The quantitative estimate of drug-likeness (QED) is 0.781. The van der Waals surface area contributed by atoms with Gasteiger partial charge in [0.25, 0.3) is 0 Å². The Labute approximate surface area is 123 Å². The molecule has 0 aliphatic heterocycles. The molecule has 0 saturated heterocycles. The van der Waals surface area contributed by atoms with Gasteiger partial charge in [0.2, 0.25) is 0 Å². The van der Waals surface area contributed by atoms with E-state index in [1.54, 1.807) is 18.6 Å². The Balaban J connectivity index is 1.94. The molecule has 3 rings (SSSR count). The molecule has 1 N–H and O–H groups in total. The number of aromatic nitrogens is 4. The first-order valence-corrected chi connectivity index (χ1v) is 7.17. The minimum Gasteiger partial charge on any atom is -0.386 e. The lowest BCUT2D eigenvalue weighted by atomic mass is 10.2. The molecule has 0 radical (unpaired) electrons. The number of imidazole rings is 1. The summed E-state index contributed by atoms with van der Waals surface area (Å²) >= 11 is 0. The molecule has 1 aromatic carbocycles. The average Bonchev–Trinajstić information content (AvgIpc) is 2.86. The third-order valence-electron chi connectivity index (χ3n) is 3.48. The maximum atomic E-state index is 10.3. The number of nitrogens with zero attached hydrogens (tertiary/aromatic N) is 4. The van der Waals surface area contributed by atoms with Crippen LogP contribution in [0.2, 0.25) is 0 Å². The summed E-state index contributed by atoms with van der Waals surface area (Å²) in [5.41, 5.74) is 2.65. The minimum atomic E-state index is -0.689. The van der Waals surface area contributed by atoms with Crippen LogP contribution in [-0.2, 0) is 13.0 Å². The molecule has 0 aliphatic carbocycles. The molecule has 5 nitrogen and oxygen atoms in total. The second kappa shape index (κ2) is 6.01. The van der Waals surface area contributed by atoms with E-state index in [9.17, 15) is 5.11 Å². The average molecular weight is 282 g/mol. The van der Waals surface area contributed by atoms with Crippen LogP contribution in [-0.4, -0.2) is 24.6 Å². The lowest BCUT2D eigenvalue weighted by Gasteiger charge is -2.11. The molecular weight excluding hydrogens is 264 g/mol. The van der Waals surface area contributed by atoms with Crippen molar-refractivity contribution in [1.29, 1.82) is 0 Å². The molecular formula is C16H18N4O. The van der Waals surface area contributed by atoms with E-state index in [1.807, 2.05) is 18.2 Å². The number of hydrogen-bond donors (Lipinski definition) is 1. The number of hydrogen-bond acceptors (Lipinski definition) is 4. The van der Waals surface area contributed by atoms with Crippen molar-refractivity contribution in [3.05, 3.63) is 54.4 Å². The number of aliphatic hydroxyl groups is 1. The highest BCUT2D eigenvalue weighted by atomic mass is 16.3. The van der Waals surface area contributed by atoms with Gasteiger partial charge in [0.1, 0.15) is 11.9 Å². The molecule has 5 heteroatoms. The van der Waals surface area contributed by atoms with Gasteiger partial charge in [0, 0.05) is 25.4 Å². The van der Waals surface area contributed by atoms with Crippen molar-refractivity contribution in [3.8, 4) is 0 Å². The Morgan fingerprint density at radius 1 is 1.24 bits per heavy atom. The first-order valence-electron chi connectivity index (χ1n) is 7.17. The summed E-state index contributed by atoms with van der Waals surface area (Å²) in [6.07, 6.45) is 5.56. The maximum absolute atomic E-state index is 10.3. The second-order valence-corrected chi connectivity index (χ2v) is 5.02. The van der Waals surface area contributed by atoms with Crippen LogP contribution in [0.3, 0.4) is 0 Å². The van der Waals surface area contributed by atoms with Crippen LogP contribution >= 0.6 is 0 Å². The van der Waals surface area contributed by atoms with E-state index in [-0.39, 0.29) is 0 Å². The van der Waals surface area contributed by atoms with Crippen molar-refractivity contribution in [2.45, 2.75) is 32.4 Å². The van der Waals surface area contributed by atoms with Gasteiger partial charge in [-0.1, -0.05) is 19.1 Å². The van der Waals surface area contributed by atoms with E-state index < -0.39 is 6.10 Å². The molecule has 21 heavy (non-hydrogen) atoms. The highest BCUT2D eigenvalue weighted by Crippen LogP contribution is 2.21. The summed E-state index contributed by atoms with van der Waals surface area (Å²) in [7, 11) is 0. The normalized spacial score (nSPS) is 12.7. The van der Waals surface area contributed by atoms with Crippen LogP contribution in [0.1, 0.15) is 31.0 Å². The van der Waals surface area contributed by atoms with E-state index in [2.05, 4.69) is 32.5 Å². The monoisotopic (exact) mass is 282 g/mol. The fourth-order valence-corrected chi connectivity index (χ4v) is 2.51. The molecule has 2 aromatic heterocycles. The Hall–Kier alpha value is -2.27. The number of fused-ring (bicyclic) bond motifs is 1. The Morgan fingerprint density at radius 3 is 2.86 bits per heavy atom. The Morgan fingerprint density at radius 2 is 2.10 bits per heavy atom. The summed E-state index contributed by atoms with van der Waals surface area (Å²) < 4.78 is 2.18. The van der Waals surface area contributed by atoms with Crippen molar-refractivity contribution < 1.29 is 5.11 Å². The molecule has 0 aliphatic rings. The predicted molar refractivity (Wildman–Crippen MR) is 80.7 cm³/mol. The first-order chi connectivity index (χ1) is 10.3. The van der Waals surface area contributed by atoms with Gasteiger partial charge in [-0.25, -0.2) is 4.98 Å². The van der Waals surface area contributed by atoms with Crippen LogP contribution in [0.4, 0.5) is 0 Å². The van der Waals surface area contributed by atoms with Gasteiger partial charge < -0.3 is 9.67 Å². The summed E-state index contributed by atoms with van der Waals surface area (Å²) in [4.78, 5) is 12.8. The first kappa shape index (κ1) is 13.7. The molecule has 108 valence electrons. The van der Waals surface area contributed by atoms with Gasteiger partial charge >= 0.3 is 0 Å². The highest BCUT2D eigenvalue weighted by Gasteiger charge is 2.16. The molecule has 0 fully saturated rings. The van der Waals surface area contributed by atoms with Crippen LogP contribution in [0, 0.1) is 0 Å². The Bertz CT molecular complexity index is 723. The highest BCUT2D eigenvalue weighted by molar-refractivity contribution is 5.75. The van der Waals surface area contributed by atoms with Crippen molar-refractivity contribution >= 4 is 11.0 Å². The van der Waals surface area contributed by atoms with E-state index in [4.69, 9.17) is 0 Å². The van der Waals surface area contributed by atoms with Gasteiger partial charge in [-0.2, -0.15) is 0 Å². The van der Waals surface area contributed by atoms with Gasteiger partial charge in [-0.15, -0.1) is 0 Å². The third-order valence-corrected chi connectivity index (χ3v) is 3.48. The molecule has 3 aromatic rings. The van der Waals surface area contributed by atoms with Crippen LogP contribution < -0.4 is 0 Å². The van der Waals surface area contributed by atoms with E-state index in [0.29, 0.717) is 12.1 Å². The number of aryl methyl sites for hydroxylation is 1. The smallest absolute Gasteiger partial charge is 0.112 e. The number of aliphatic hydroxyl groups excluding tert-OH is 1. The van der Waals surface area contributed by atoms with E-state index in [0.717, 1.165) is 29.8 Å². The third kappa shape index (κ3) is 2.78. The number of benzene rings is 1. The zero-order valence-electron chi connectivity index (χ0n) is 12.0. The minimum absolute atomic E-state index is 0.438. The summed E-state index contributed by atoms with van der Waals surface area (Å²) in [5.74, 6) is 0.885. The fourth-order valence-electron chi connectivity index (χ4n) is 2.51. The maximum Gasteiger partial charge on any atom is 0.112 e. The molecule has 2 heterocycles. The van der Waals surface area contributed by atoms with E-state index in [1.165, 1.54) is 0 Å². The summed E-state index contributed by atoms with van der Waals surface area (Å²) in [6.45, 7) is 3.03. The summed E-state index contributed by atoms with van der Waals surface area (Å²) in [6, 6.07) is 8.06. The molecule has 1 unspecified atom stereocenters. The van der Waals surface area contributed by atoms with Crippen LogP contribution in [0.5, 0.6) is 0 Å². The summed E-state index contributed by atoms with van der Waals surface area (Å²) in [5, 5.41) is 10.3. The van der Waals surface area contributed by atoms with E-state index >= 15 is 0 Å². The number of para-hydroxylation sites is 2. The second-order valence-electron chi connectivity index (χ2n) is 5.02. The lowest BCUT2D eigenvalue weighted by Crippen LogP contribution is -2.10. The van der Waals surface area contributed by atoms with Crippen molar-refractivity contribution in [2.24, 2.45) is 0 Å². The standard InChI is InChI=1S/C16H18N4O/c1-2-9-20-14-6-4-3-5-12(14)19-16(20)10-15(21)13-11-17-7-8-18-13/h3-8,11,15,21H,2,9-10H2,1H3. The number of rotatable bonds is 5. The van der Waals surface area contributed by atoms with Crippen molar-refractivity contribution in [3.63, 3.8) is 0 Å². The molecule has 0 bridgehead atoms. The topological polar surface area (TPSA) is 63.8 Å². The predicted octanol–water partition coefficient (Wildman–Crippen LogP) is 2.51. The molecule has 0 saturated carbocycles. The van der Waals surface area contributed by atoms with Crippen molar-refractivity contribution in [2.75, 3.05) is 0 Å². The van der Waals surface area contributed by atoms with Gasteiger partial charge in [-0.05, 0) is 18.6 Å². The van der Waals surface area contributed by atoms with Gasteiger partial charge in [-0.3, -0.25) is 9.97 Å². The Kier molecular flexibility index (Phi) is 3.92. The SMILES string of the molecule is CCCn1c(CC(O)c2cnccn2)nc2ccccc21. The molecule has 0 amide bonds. The molecule has 1 atom stereocenters. The van der Waals surface area contributed by atoms with Crippen LogP contribution in [0.25, 0.3) is 11.0 Å². The van der Waals surface area contributed by atoms with Crippen LogP contribution in [0.15, 0.2) is 42.9 Å². The van der Waals surface area contributed by atoms with Crippen molar-refractivity contribution in [1.82, 2.24) is 19.5 Å². The largest absolute Gasteiger partial charge is 0.386 e. The fraction of sp³-hybridized carbons (Fsp3) is 0.312. The van der Waals surface area contributed by atoms with Gasteiger partial charge in [0.05, 0.1) is 22.9 Å². The zero-order valence-corrected chi connectivity index (χ0v) is 12.0.